The summed E-state index contributed by atoms with van der Waals surface area (Å²) in [6, 6.07) is 3.92. The normalized spacial score (nSPS) is 17.1. The van der Waals surface area contributed by atoms with Crippen molar-refractivity contribution in [3.63, 3.8) is 0 Å². The average molecular weight is 298 g/mol. The summed E-state index contributed by atoms with van der Waals surface area (Å²) < 4.78 is 40.7. The fraction of sp³-hybridized carbons (Fsp3) is 0.438. The van der Waals surface area contributed by atoms with Crippen LogP contribution >= 0.6 is 0 Å². The van der Waals surface area contributed by atoms with E-state index in [0.29, 0.717) is 17.8 Å². The van der Waals surface area contributed by atoms with Gasteiger partial charge >= 0.3 is 6.36 Å². The Labute approximate surface area is 121 Å². The number of hydrogen-bond acceptors (Lipinski definition) is 2. The number of hydrogen-bond donors (Lipinski definition) is 0. The minimum absolute atomic E-state index is 0.167. The van der Waals surface area contributed by atoms with Gasteiger partial charge < -0.3 is 4.74 Å². The highest BCUT2D eigenvalue weighted by atomic mass is 19.4. The molecule has 2 rings (SSSR count). The summed E-state index contributed by atoms with van der Waals surface area (Å²) in [7, 11) is 0. The second kappa shape index (κ2) is 6.78. The van der Waals surface area contributed by atoms with E-state index in [1.54, 1.807) is 12.1 Å². The highest BCUT2D eigenvalue weighted by Gasteiger charge is 2.31. The molecular formula is C16H17F3O2. The molecule has 5 heteroatoms. The molecule has 0 bridgehead atoms. The Morgan fingerprint density at radius 2 is 1.71 bits per heavy atom. The lowest BCUT2D eigenvalue weighted by Gasteiger charge is -2.17. The first-order valence-electron chi connectivity index (χ1n) is 7.00. The summed E-state index contributed by atoms with van der Waals surface area (Å²) >= 11 is 0. The molecule has 0 heterocycles. The average Bonchev–Trinajstić information content (AvgIpc) is 2.44. The highest BCUT2D eigenvalue weighted by molar-refractivity contribution is 5.77. The summed E-state index contributed by atoms with van der Waals surface area (Å²) in [6.07, 6.45) is 5.37. The van der Waals surface area contributed by atoms with Crippen LogP contribution < -0.4 is 4.74 Å². The molecule has 21 heavy (non-hydrogen) atoms. The third-order valence-electron chi connectivity index (χ3n) is 3.53. The van der Waals surface area contributed by atoms with Crippen LogP contribution in [-0.4, -0.2) is 12.6 Å². The number of rotatable bonds is 4. The van der Waals surface area contributed by atoms with Crippen LogP contribution in [0.25, 0.3) is 6.08 Å². The predicted octanol–water partition coefficient (Wildman–Crippen LogP) is 4.99. The van der Waals surface area contributed by atoms with Crippen LogP contribution in [0.5, 0.6) is 5.75 Å². The van der Waals surface area contributed by atoms with Crippen molar-refractivity contribution in [1.29, 1.82) is 0 Å². The van der Waals surface area contributed by atoms with Crippen molar-refractivity contribution in [1.82, 2.24) is 0 Å². The molecule has 0 N–H and O–H groups in total. The van der Waals surface area contributed by atoms with Gasteiger partial charge in [0.15, 0.2) is 0 Å². The number of benzene rings is 1. The lowest BCUT2D eigenvalue weighted by Crippen LogP contribution is -2.17. The zero-order valence-corrected chi connectivity index (χ0v) is 11.5. The molecule has 0 spiro atoms. The van der Waals surface area contributed by atoms with Crippen LogP contribution in [0, 0.1) is 5.92 Å². The van der Waals surface area contributed by atoms with Gasteiger partial charge in [-0.25, -0.2) is 0 Å². The first kappa shape index (κ1) is 15.6. The number of alkyl halides is 3. The van der Waals surface area contributed by atoms with Crippen LogP contribution in [0.3, 0.4) is 0 Å². The standard InChI is InChI=1S/C16H17F3O2/c17-16(18,19)21-15-9-13(8-14(10-15)11-20)7-6-12-4-2-1-3-5-12/h6-12H,1-5H2/b7-6+. The van der Waals surface area contributed by atoms with Crippen LogP contribution in [0.4, 0.5) is 13.2 Å². The summed E-state index contributed by atoms with van der Waals surface area (Å²) in [5.74, 6) is 0.0982. The number of carbonyl (C=O) groups is 1. The second-order valence-corrected chi connectivity index (χ2v) is 5.26. The van der Waals surface area contributed by atoms with Crippen molar-refractivity contribution in [2.45, 2.75) is 38.5 Å². The Morgan fingerprint density at radius 3 is 2.33 bits per heavy atom. The third kappa shape index (κ3) is 5.25. The van der Waals surface area contributed by atoms with E-state index in [-0.39, 0.29) is 11.3 Å². The highest BCUT2D eigenvalue weighted by Crippen LogP contribution is 2.27. The zero-order valence-electron chi connectivity index (χ0n) is 11.5. The van der Waals surface area contributed by atoms with E-state index >= 15 is 0 Å². The number of allylic oxidation sites excluding steroid dienone is 1. The number of aldehydes is 1. The molecule has 2 nitrogen and oxygen atoms in total. The van der Waals surface area contributed by atoms with Gasteiger partial charge in [-0.05, 0) is 42.5 Å². The molecule has 0 atom stereocenters. The van der Waals surface area contributed by atoms with Crippen molar-refractivity contribution in [2.24, 2.45) is 5.92 Å². The molecule has 114 valence electrons. The minimum Gasteiger partial charge on any atom is -0.406 e. The van der Waals surface area contributed by atoms with Crippen molar-refractivity contribution < 1.29 is 22.7 Å². The van der Waals surface area contributed by atoms with E-state index in [0.717, 1.165) is 18.9 Å². The van der Waals surface area contributed by atoms with Gasteiger partial charge in [-0.2, -0.15) is 0 Å². The quantitative estimate of drug-likeness (QED) is 0.732. The molecule has 1 saturated carbocycles. The van der Waals surface area contributed by atoms with Crippen molar-refractivity contribution in [2.75, 3.05) is 0 Å². The van der Waals surface area contributed by atoms with Gasteiger partial charge in [0.1, 0.15) is 12.0 Å². The van der Waals surface area contributed by atoms with Gasteiger partial charge in [-0.3, -0.25) is 4.79 Å². The maximum atomic E-state index is 12.3. The van der Waals surface area contributed by atoms with Crippen molar-refractivity contribution in [3.8, 4) is 5.75 Å². The molecule has 1 fully saturated rings. The molecule has 0 radical (unpaired) electrons. The van der Waals surface area contributed by atoms with Crippen molar-refractivity contribution in [3.05, 3.63) is 35.4 Å². The maximum absolute atomic E-state index is 12.3. The van der Waals surface area contributed by atoms with Crippen molar-refractivity contribution >= 4 is 12.4 Å². The molecule has 1 aromatic carbocycles. The molecule has 0 saturated heterocycles. The van der Waals surface area contributed by atoms with E-state index in [9.17, 15) is 18.0 Å². The summed E-state index contributed by atoms with van der Waals surface area (Å²) in [6.45, 7) is 0. The maximum Gasteiger partial charge on any atom is 0.573 e. The van der Waals surface area contributed by atoms with E-state index in [2.05, 4.69) is 4.74 Å². The van der Waals surface area contributed by atoms with Gasteiger partial charge in [0, 0.05) is 5.56 Å². The molecule has 1 aromatic rings. The molecule has 1 aliphatic rings. The fourth-order valence-corrected chi connectivity index (χ4v) is 2.58. The minimum atomic E-state index is -4.76. The molecule has 1 aliphatic carbocycles. The van der Waals surface area contributed by atoms with Gasteiger partial charge in [0.05, 0.1) is 0 Å². The Kier molecular flexibility index (Phi) is 5.04. The number of carbonyl (C=O) groups excluding carboxylic acids is 1. The van der Waals surface area contributed by atoms with E-state index < -0.39 is 6.36 Å². The van der Waals surface area contributed by atoms with Crippen LogP contribution in [0.15, 0.2) is 24.3 Å². The topological polar surface area (TPSA) is 26.3 Å². The number of ether oxygens (including phenoxy) is 1. The van der Waals surface area contributed by atoms with Crippen LogP contribution in [0.2, 0.25) is 0 Å². The molecule has 0 aromatic heterocycles. The molecule has 0 unspecified atom stereocenters. The zero-order chi connectivity index (χ0) is 15.3. The summed E-state index contributed by atoms with van der Waals surface area (Å²) in [5.41, 5.74) is 0.712. The van der Waals surface area contributed by atoms with E-state index in [4.69, 9.17) is 0 Å². The second-order valence-electron chi connectivity index (χ2n) is 5.26. The van der Waals surface area contributed by atoms with Gasteiger partial charge in [0.2, 0.25) is 0 Å². The lowest BCUT2D eigenvalue weighted by molar-refractivity contribution is -0.274. The monoisotopic (exact) mass is 298 g/mol. The molecular weight excluding hydrogens is 281 g/mol. The smallest absolute Gasteiger partial charge is 0.406 e. The van der Waals surface area contributed by atoms with E-state index in [1.165, 1.54) is 25.3 Å². The largest absolute Gasteiger partial charge is 0.573 e. The first-order valence-corrected chi connectivity index (χ1v) is 7.00. The van der Waals surface area contributed by atoms with Gasteiger partial charge in [0.25, 0.3) is 0 Å². The first-order chi connectivity index (χ1) is 9.96. The summed E-state index contributed by atoms with van der Waals surface area (Å²) in [4.78, 5) is 10.8. The van der Waals surface area contributed by atoms with Gasteiger partial charge in [-0.15, -0.1) is 13.2 Å². The SMILES string of the molecule is O=Cc1cc(/C=C/C2CCCCC2)cc(OC(F)(F)F)c1. The van der Waals surface area contributed by atoms with Crippen LogP contribution in [0.1, 0.15) is 48.0 Å². The Hall–Kier alpha value is -1.78. The lowest BCUT2D eigenvalue weighted by atomic mass is 9.88. The molecule has 0 amide bonds. The van der Waals surface area contributed by atoms with Gasteiger partial charge in [-0.1, -0.05) is 31.4 Å². The number of halogens is 3. The Bertz CT molecular complexity index is 515. The summed E-state index contributed by atoms with van der Waals surface area (Å²) in [5, 5.41) is 0. The van der Waals surface area contributed by atoms with E-state index in [1.807, 2.05) is 6.08 Å². The molecule has 0 aliphatic heterocycles. The Morgan fingerprint density at radius 1 is 1.05 bits per heavy atom. The fourth-order valence-electron chi connectivity index (χ4n) is 2.58. The van der Waals surface area contributed by atoms with Crippen LogP contribution in [-0.2, 0) is 0 Å². The predicted molar refractivity (Wildman–Crippen MR) is 74.1 cm³/mol. The third-order valence-corrected chi connectivity index (χ3v) is 3.53. The Balaban J connectivity index is 2.15.